The van der Waals surface area contributed by atoms with Gasteiger partial charge in [0.2, 0.25) is 0 Å². The molecule has 150 valence electrons. The van der Waals surface area contributed by atoms with Gasteiger partial charge in [-0.25, -0.2) is 0 Å². The standard InChI is InChI=1S/C22H23N3O4/c1-12-8-10-14(11-9-12)13(2)23-17-18(21(28)20(17)27)24-16-7-5-6-15(19(16)26)22(29)25(3)4/h5-11,13,23-24,26H,1-4H3/t13-/m1/s1. The van der Waals surface area contributed by atoms with Crippen LogP contribution in [-0.4, -0.2) is 30.0 Å². The Bertz CT molecular complexity index is 1130. The first-order chi connectivity index (χ1) is 13.7. The SMILES string of the molecule is Cc1ccc([C@@H](C)Nc2c(Nc3cccc(C(=O)N(C)C)c3O)c(=O)c2=O)cc1. The van der Waals surface area contributed by atoms with Crippen LogP contribution < -0.4 is 21.5 Å². The van der Waals surface area contributed by atoms with Gasteiger partial charge in [0.1, 0.15) is 11.4 Å². The first kappa shape index (κ1) is 20.1. The normalized spacial score (nSPS) is 11.9. The number of para-hydroxylation sites is 1. The van der Waals surface area contributed by atoms with Crippen molar-refractivity contribution in [3.63, 3.8) is 0 Å². The molecular weight excluding hydrogens is 370 g/mol. The van der Waals surface area contributed by atoms with Gasteiger partial charge in [-0.3, -0.25) is 14.4 Å². The zero-order valence-corrected chi connectivity index (χ0v) is 16.7. The molecule has 0 aliphatic rings. The van der Waals surface area contributed by atoms with Crippen LogP contribution in [0.1, 0.15) is 34.5 Å². The molecule has 0 radical (unpaired) electrons. The first-order valence-electron chi connectivity index (χ1n) is 9.17. The van der Waals surface area contributed by atoms with Crippen LogP contribution in [-0.2, 0) is 0 Å². The summed E-state index contributed by atoms with van der Waals surface area (Å²) in [6.45, 7) is 3.88. The Morgan fingerprint density at radius 3 is 2.24 bits per heavy atom. The Hall–Kier alpha value is -3.61. The van der Waals surface area contributed by atoms with Gasteiger partial charge >= 0.3 is 0 Å². The lowest BCUT2D eigenvalue weighted by atomic mass is 10.0. The van der Waals surface area contributed by atoms with Crippen LogP contribution in [0, 0.1) is 6.92 Å². The minimum atomic E-state index is -0.674. The highest BCUT2D eigenvalue weighted by Gasteiger charge is 2.24. The third-order valence-electron chi connectivity index (χ3n) is 4.78. The van der Waals surface area contributed by atoms with Crippen LogP contribution in [0.15, 0.2) is 52.1 Å². The van der Waals surface area contributed by atoms with Gasteiger partial charge in [0.05, 0.1) is 11.3 Å². The van der Waals surface area contributed by atoms with E-state index >= 15 is 0 Å². The zero-order valence-electron chi connectivity index (χ0n) is 16.7. The van der Waals surface area contributed by atoms with Crippen LogP contribution in [0.2, 0.25) is 0 Å². The number of aryl methyl sites for hydroxylation is 1. The second-order valence-electron chi connectivity index (χ2n) is 7.21. The average Bonchev–Trinajstić information content (AvgIpc) is 2.71. The van der Waals surface area contributed by atoms with Gasteiger partial charge in [-0.15, -0.1) is 0 Å². The van der Waals surface area contributed by atoms with Gasteiger partial charge in [0, 0.05) is 20.1 Å². The molecule has 7 heteroatoms. The highest BCUT2D eigenvalue weighted by atomic mass is 16.3. The van der Waals surface area contributed by atoms with Crippen molar-refractivity contribution in [2.45, 2.75) is 19.9 Å². The van der Waals surface area contributed by atoms with Crippen LogP contribution in [0.5, 0.6) is 5.75 Å². The van der Waals surface area contributed by atoms with E-state index in [-0.39, 0.29) is 40.3 Å². The van der Waals surface area contributed by atoms with Crippen LogP contribution in [0.3, 0.4) is 0 Å². The Morgan fingerprint density at radius 2 is 1.62 bits per heavy atom. The number of amides is 1. The fourth-order valence-electron chi connectivity index (χ4n) is 3.00. The molecule has 0 spiro atoms. The summed E-state index contributed by atoms with van der Waals surface area (Å²) in [6, 6.07) is 12.3. The van der Waals surface area contributed by atoms with E-state index in [1.165, 1.54) is 17.0 Å². The largest absolute Gasteiger partial charge is 0.505 e. The lowest BCUT2D eigenvalue weighted by Gasteiger charge is -2.21. The zero-order chi connectivity index (χ0) is 21.3. The van der Waals surface area contributed by atoms with Gasteiger partial charge in [-0.2, -0.15) is 0 Å². The van der Waals surface area contributed by atoms with E-state index in [4.69, 9.17) is 0 Å². The van der Waals surface area contributed by atoms with Crippen molar-refractivity contribution in [1.82, 2.24) is 4.90 Å². The number of nitrogens with zero attached hydrogens (tertiary/aromatic N) is 1. The lowest BCUT2D eigenvalue weighted by Crippen LogP contribution is -2.37. The van der Waals surface area contributed by atoms with Crippen LogP contribution >= 0.6 is 0 Å². The third-order valence-corrected chi connectivity index (χ3v) is 4.78. The van der Waals surface area contributed by atoms with Crippen molar-refractivity contribution in [2.24, 2.45) is 0 Å². The molecule has 1 atom stereocenters. The molecular formula is C22H23N3O4. The van der Waals surface area contributed by atoms with Crippen molar-refractivity contribution >= 4 is 23.0 Å². The van der Waals surface area contributed by atoms with Gasteiger partial charge in [0.15, 0.2) is 5.75 Å². The summed E-state index contributed by atoms with van der Waals surface area (Å²) in [5.74, 6) is -0.653. The molecule has 0 heterocycles. The molecule has 0 aliphatic carbocycles. The quantitative estimate of drug-likeness (QED) is 0.440. The minimum Gasteiger partial charge on any atom is -0.505 e. The molecule has 0 aliphatic heterocycles. The molecule has 0 saturated heterocycles. The van der Waals surface area contributed by atoms with E-state index in [0.29, 0.717) is 0 Å². The van der Waals surface area contributed by atoms with E-state index in [9.17, 15) is 19.5 Å². The topological polar surface area (TPSA) is 98.7 Å². The molecule has 0 unspecified atom stereocenters. The number of carbonyl (C=O) groups excluding carboxylic acids is 1. The van der Waals surface area contributed by atoms with Gasteiger partial charge in [0.25, 0.3) is 16.8 Å². The molecule has 0 bridgehead atoms. The van der Waals surface area contributed by atoms with E-state index in [2.05, 4.69) is 10.6 Å². The summed E-state index contributed by atoms with van der Waals surface area (Å²) < 4.78 is 0. The maximum absolute atomic E-state index is 12.2. The molecule has 3 rings (SSSR count). The molecule has 0 saturated carbocycles. The Balaban J connectivity index is 1.87. The predicted octanol–water partition coefficient (Wildman–Crippen LogP) is 2.92. The van der Waals surface area contributed by atoms with E-state index in [0.717, 1.165) is 11.1 Å². The number of benzene rings is 2. The second-order valence-corrected chi connectivity index (χ2v) is 7.21. The molecule has 29 heavy (non-hydrogen) atoms. The monoisotopic (exact) mass is 393 g/mol. The summed E-state index contributed by atoms with van der Waals surface area (Å²) in [7, 11) is 3.15. The third kappa shape index (κ3) is 3.85. The van der Waals surface area contributed by atoms with Gasteiger partial charge in [-0.05, 0) is 31.5 Å². The molecule has 1 amide bonds. The van der Waals surface area contributed by atoms with Crippen molar-refractivity contribution in [3.05, 3.63) is 79.6 Å². The number of hydrogen-bond donors (Lipinski definition) is 3. The number of nitrogens with one attached hydrogen (secondary N) is 2. The number of rotatable bonds is 6. The van der Waals surface area contributed by atoms with Gasteiger partial charge in [-0.1, -0.05) is 35.9 Å². The Kier molecular flexibility index (Phi) is 5.41. The molecule has 3 N–H and O–H groups in total. The molecule has 3 aromatic rings. The van der Waals surface area contributed by atoms with Gasteiger partial charge < -0.3 is 20.6 Å². The van der Waals surface area contributed by atoms with Crippen molar-refractivity contribution in [2.75, 3.05) is 24.7 Å². The summed E-state index contributed by atoms with van der Waals surface area (Å²) >= 11 is 0. The maximum atomic E-state index is 12.2. The summed E-state index contributed by atoms with van der Waals surface area (Å²) in [5.41, 5.74) is 1.30. The average molecular weight is 393 g/mol. The fraction of sp³-hybridized carbons (Fsp3) is 0.227. The van der Waals surface area contributed by atoms with Crippen molar-refractivity contribution in [3.8, 4) is 5.75 Å². The van der Waals surface area contributed by atoms with Crippen LogP contribution in [0.25, 0.3) is 0 Å². The summed E-state index contributed by atoms with van der Waals surface area (Å²) in [4.78, 5) is 37.7. The second kappa shape index (κ2) is 7.79. The fourth-order valence-corrected chi connectivity index (χ4v) is 3.00. The Morgan fingerprint density at radius 1 is 1.00 bits per heavy atom. The van der Waals surface area contributed by atoms with E-state index in [1.807, 2.05) is 38.1 Å². The van der Waals surface area contributed by atoms with E-state index < -0.39 is 10.9 Å². The lowest BCUT2D eigenvalue weighted by molar-refractivity contribution is 0.0824. The smallest absolute Gasteiger partial charge is 0.257 e. The number of phenolic OH excluding ortho intramolecular Hbond substituents is 1. The van der Waals surface area contributed by atoms with E-state index in [1.54, 1.807) is 20.2 Å². The maximum Gasteiger partial charge on any atom is 0.257 e. The molecule has 0 aromatic heterocycles. The molecule has 3 aromatic carbocycles. The highest BCUT2D eigenvalue weighted by Crippen LogP contribution is 2.32. The summed E-state index contributed by atoms with van der Waals surface area (Å²) in [6.07, 6.45) is 0. The Labute approximate surface area is 168 Å². The molecule has 0 fully saturated rings. The first-order valence-corrected chi connectivity index (χ1v) is 9.17. The number of hydrogen-bond acceptors (Lipinski definition) is 6. The molecule has 7 nitrogen and oxygen atoms in total. The number of anilines is 3. The highest BCUT2D eigenvalue weighted by molar-refractivity contribution is 5.99. The minimum absolute atomic E-state index is 0.0683. The van der Waals surface area contributed by atoms with Crippen molar-refractivity contribution < 1.29 is 9.90 Å². The van der Waals surface area contributed by atoms with Crippen LogP contribution in [0.4, 0.5) is 17.1 Å². The summed E-state index contributed by atoms with van der Waals surface area (Å²) in [5, 5.41) is 16.3. The number of aromatic hydroxyl groups is 1. The predicted molar refractivity (Wildman–Crippen MR) is 114 cm³/mol. The van der Waals surface area contributed by atoms with Crippen molar-refractivity contribution in [1.29, 1.82) is 0 Å². The number of carbonyl (C=O) groups is 1. The number of phenols is 1.